The highest BCUT2D eigenvalue weighted by atomic mass is 79.9. The van der Waals surface area contributed by atoms with Gasteiger partial charge in [-0.1, -0.05) is 29.4 Å². The first-order valence-electron chi connectivity index (χ1n) is 3.38. The molecule has 1 atom stereocenters. The second-order valence-corrected chi connectivity index (χ2v) is 3.33. The lowest BCUT2D eigenvalue weighted by Crippen LogP contribution is -2.26. The Morgan fingerprint density at radius 3 is 2.80 bits per heavy atom. The maximum Gasteiger partial charge on any atom is 0.0662 e. The van der Waals surface area contributed by atoms with Crippen molar-refractivity contribution in [2.45, 2.75) is 19.4 Å². The molecule has 0 aromatic rings. The monoisotopic (exact) mass is 207 g/mol. The molecule has 60 valence electrons. The number of aliphatic hydroxyl groups is 1. The van der Waals surface area contributed by atoms with Crippen LogP contribution in [0.4, 0.5) is 0 Å². The summed E-state index contributed by atoms with van der Waals surface area (Å²) in [6, 6.07) is 0. The van der Waals surface area contributed by atoms with Crippen molar-refractivity contribution in [1.82, 2.24) is 5.32 Å². The molecule has 0 amide bonds. The molecule has 10 heavy (non-hydrogen) atoms. The minimum Gasteiger partial charge on any atom is -0.392 e. The summed E-state index contributed by atoms with van der Waals surface area (Å²) < 4.78 is 0.913. The van der Waals surface area contributed by atoms with Crippen molar-refractivity contribution in [3.8, 4) is 0 Å². The number of hydrogen-bond donors (Lipinski definition) is 2. The number of halogens is 1. The zero-order valence-electron chi connectivity index (χ0n) is 6.23. The van der Waals surface area contributed by atoms with Crippen LogP contribution >= 0.6 is 15.9 Å². The Morgan fingerprint density at radius 2 is 2.40 bits per heavy atom. The van der Waals surface area contributed by atoms with Gasteiger partial charge < -0.3 is 10.4 Å². The molecule has 2 N–H and O–H groups in total. The van der Waals surface area contributed by atoms with E-state index in [1.165, 1.54) is 0 Å². The van der Waals surface area contributed by atoms with Gasteiger partial charge in [-0.25, -0.2) is 0 Å². The van der Waals surface area contributed by atoms with Crippen molar-refractivity contribution >= 4 is 15.9 Å². The van der Waals surface area contributed by atoms with Crippen molar-refractivity contribution in [3.63, 3.8) is 0 Å². The number of aliphatic hydroxyl groups excluding tert-OH is 1. The molecule has 3 heteroatoms. The van der Waals surface area contributed by atoms with Gasteiger partial charge in [0.1, 0.15) is 0 Å². The van der Waals surface area contributed by atoms with Crippen LogP contribution in [0.3, 0.4) is 0 Å². The van der Waals surface area contributed by atoms with Crippen molar-refractivity contribution < 1.29 is 5.11 Å². The Hall–Kier alpha value is 0.140. The van der Waals surface area contributed by atoms with Gasteiger partial charge in [0.15, 0.2) is 0 Å². The first kappa shape index (κ1) is 10.1. The van der Waals surface area contributed by atoms with Gasteiger partial charge in [-0.15, -0.1) is 0 Å². The van der Waals surface area contributed by atoms with Crippen molar-refractivity contribution in [1.29, 1.82) is 0 Å². The largest absolute Gasteiger partial charge is 0.392 e. The third-order valence-electron chi connectivity index (χ3n) is 1.17. The fourth-order valence-electron chi connectivity index (χ4n) is 0.519. The van der Waals surface area contributed by atoms with E-state index in [4.69, 9.17) is 5.11 Å². The zero-order valence-corrected chi connectivity index (χ0v) is 7.82. The molecule has 0 spiro atoms. The standard InChI is InChI=1S/C7H14BrNO/c1-3-7(10)5-9-4-6(2)8/h7,9-10H,2-5H2,1H3. The second-order valence-electron chi connectivity index (χ2n) is 2.21. The normalized spacial score (nSPS) is 13.1. The molecule has 0 rings (SSSR count). The van der Waals surface area contributed by atoms with E-state index < -0.39 is 0 Å². The topological polar surface area (TPSA) is 32.3 Å². The van der Waals surface area contributed by atoms with Gasteiger partial charge in [0, 0.05) is 17.6 Å². The van der Waals surface area contributed by atoms with Gasteiger partial charge in [-0.2, -0.15) is 0 Å². The van der Waals surface area contributed by atoms with E-state index in [-0.39, 0.29) is 6.10 Å². The van der Waals surface area contributed by atoms with Crippen molar-refractivity contribution in [3.05, 3.63) is 11.1 Å². The highest BCUT2D eigenvalue weighted by molar-refractivity contribution is 9.11. The van der Waals surface area contributed by atoms with Gasteiger partial charge in [0.25, 0.3) is 0 Å². The summed E-state index contributed by atoms with van der Waals surface area (Å²) in [6.07, 6.45) is 0.564. The van der Waals surface area contributed by atoms with Gasteiger partial charge in [0.2, 0.25) is 0 Å². The summed E-state index contributed by atoms with van der Waals surface area (Å²) in [4.78, 5) is 0. The van der Waals surface area contributed by atoms with Gasteiger partial charge in [0.05, 0.1) is 6.10 Å². The van der Waals surface area contributed by atoms with E-state index in [9.17, 15) is 0 Å². The summed E-state index contributed by atoms with van der Waals surface area (Å²) >= 11 is 3.21. The van der Waals surface area contributed by atoms with E-state index in [2.05, 4.69) is 27.8 Å². The number of nitrogens with one attached hydrogen (secondary N) is 1. The highest BCUT2D eigenvalue weighted by Crippen LogP contribution is 1.96. The molecule has 0 aliphatic carbocycles. The number of rotatable bonds is 5. The van der Waals surface area contributed by atoms with E-state index >= 15 is 0 Å². The van der Waals surface area contributed by atoms with E-state index in [0.717, 1.165) is 17.4 Å². The van der Waals surface area contributed by atoms with Crippen LogP contribution in [0.2, 0.25) is 0 Å². The van der Waals surface area contributed by atoms with E-state index in [1.807, 2.05) is 6.92 Å². The molecule has 0 bridgehead atoms. The second kappa shape index (κ2) is 5.89. The molecular formula is C7H14BrNO. The molecular weight excluding hydrogens is 194 g/mol. The van der Waals surface area contributed by atoms with Crippen LogP contribution < -0.4 is 5.32 Å². The Kier molecular flexibility index (Phi) is 5.97. The number of hydrogen-bond acceptors (Lipinski definition) is 2. The highest BCUT2D eigenvalue weighted by Gasteiger charge is 1.97. The lowest BCUT2D eigenvalue weighted by atomic mass is 10.3. The molecule has 1 unspecified atom stereocenters. The molecule has 0 radical (unpaired) electrons. The first-order chi connectivity index (χ1) is 4.66. The fraction of sp³-hybridized carbons (Fsp3) is 0.714. The van der Waals surface area contributed by atoms with Crippen LogP contribution in [0.5, 0.6) is 0 Å². The Balaban J connectivity index is 3.11. The van der Waals surface area contributed by atoms with Crippen LogP contribution in [0, 0.1) is 0 Å². The summed E-state index contributed by atoms with van der Waals surface area (Å²) in [6.45, 7) is 6.96. The molecule has 0 aromatic heterocycles. The van der Waals surface area contributed by atoms with Crippen LogP contribution in [-0.2, 0) is 0 Å². The minimum atomic E-state index is -0.230. The van der Waals surface area contributed by atoms with Crippen molar-refractivity contribution in [2.24, 2.45) is 0 Å². The minimum absolute atomic E-state index is 0.230. The zero-order chi connectivity index (χ0) is 7.98. The molecule has 0 aliphatic heterocycles. The summed E-state index contributed by atoms with van der Waals surface area (Å²) in [7, 11) is 0. The molecule has 0 aromatic carbocycles. The Morgan fingerprint density at radius 1 is 1.80 bits per heavy atom. The maximum absolute atomic E-state index is 9.06. The average molecular weight is 208 g/mol. The SMILES string of the molecule is C=C(Br)CNCC(O)CC. The predicted molar refractivity (Wildman–Crippen MR) is 47.2 cm³/mol. The van der Waals surface area contributed by atoms with Crippen molar-refractivity contribution in [2.75, 3.05) is 13.1 Å². The molecule has 0 aliphatic rings. The summed E-state index contributed by atoms with van der Waals surface area (Å²) in [5.41, 5.74) is 0. The fourth-order valence-corrected chi connectivity index (χ4v) is 0.717. The average Bonchev–Trinajstić information content (AvgIpc) is 1.87. The van der Waals surface area contributed by atoms with Gasteiger partial charge in [-0.3, -0.25) is 0 Å². The molecule has 0 fully saturated rings. The molecule has 0 saturated heterocycles. The van der Waals surface area contributed by atoms with Crippen LogP contribution in [0.1, 0.15) is 13.3 Å². The maximum atomic E-state index is 9.06. The third-order valence-corrected chi connectivity index (χ3v) is 1.45. The van der Waals surface area contributed by atoms with Gasteiger partial charge in [-0.05, 0) is 6.42 Å². The smallest absolute Gasteiger partial charge is 0.0662 e. The van der Waals surface area contributed by atoms with Crippen LogP contribution in [-0.4, -0.2) is 24.3 Å². The molecule has 0 saturated carbocycles. The predicted octanol–water partition coefficient (Wildman–Crippen LogP) is 1.26. The lowest BCUT2D eigenvalue weighted by molar-refractivity contribution is 0.169. The Bertz CT molecular complexity index is 106. The first-order valence-corrected chi connectivity index (χ1v) is 4.18. The lowest BCUT2D eigenvalue weighted by Gasteiger charge is -2.07. The Labute approximate surface area is 70.5 Å². The van der Waals surface area contributed by atoms with Crippen LogP contribution in [0.15, 0.2) is 11.1 Å². The molecule has 2 nitrogen and oxygen atoms in total. The quantitative estimate of drug-likeness (QED) is 0.712. The summed E-state index contributed by atoms with van der Waals surface area (Å²) in [5, 5.41) is 12.1. The van der Waals surface area contributed by atoms with E-state index in [1.54, 1.807) is 0 Å². The summed E-state index contributed by atoms with van der Waals surface area (Å²) in [5.74, 6) is 0. The van der Waals surface area contributed by atoms with E-state index in [0.29, 0.717) is 6.54 Å². The van der Waals surface area contributed by atoms with Gasteiger partial charge >= 0.3 is 0 Å². The third kappa shape index (κ3) is 6.26. The molecule has 0 heterocycles. The van der Waals surface area contributed by atoms with Crippen LogP contribution in [0.25, 0.3) is 0 Å².